The van der Waals surface area contributed by atoms with Crippen LogP contribution in [-0.2, 0) is 9.59 Å². The highest BCUT2D eigenvalue weighted by Crippen LogP contribution is 1.97. The quantitative estimate of drug-likeness (QED) is 0.560. The zero-order valence-corrected chi connectivity index (χ0v) is 9.77. The van der Waals surface area contributed by atoms with Crippen LogP contribution >= 0.6 is 0 Å². The van der Waals surface area contributed by atoms with Gasteiger partial charge in [-0.05, 0) is 26.3 Å². The first-order chi connectivity index (χ1) is 7.13. The molecular weight excluding hydrogens is 192 g/mol. The second-order valence-corrected chi connectivity index (χ2v) is 3.78. The number of amides is 1. The van der Waals surface area contributed by atoms with Crippen molar-refractivity contribution in [2.24, 2.45) is 0 Å². The molecule has 0 bridgehead atoms. The van der Waals surface area contributed by atoms with Crippen molar-refractivity contribution in [3.8, 4) is 0 Å². The van der Waals surface area contributed by atoms with Gasteiger partial charge in [0.15, 0.2) is 0 Å². The minimum absolute atomic E-state index is 0.0399. The van der Waals surface area contributed by atoms with Crippen molar-refractivity contribution in [2.45, 2.75) is 39.5 Å². The smallest absolute Gasteiger partial charge is 0.216 e. The summed E-state index contributed by atoms with van der Waals surface area (Å²) in [7, 11) is 0. The van der Waals surface area contributed by atoms with Gasteiger partial charge in [-0.2, -0.15) is 0 Å². The molecule has 0 atom stereocenters. The lowest BCUT2D eigenvalue weighted by atomic mass is 10.2. The van der Waals surface area contributed by atoms with Crippen LogP contribution in [0.5, 0.6) is 0 Å². The van der Waals surface area contributed by atoms with E-state index in [0.29, 0.717) is 6.54 Å². The first-order valence-electron chi connectivity index (χ1n) is 5.57. The van der Waals surface area contributed by atoms with Crippen molar-refractivity contribution in [1.82, 2.24) is 10.6 Å². The van der Waals surface area contributed by atoms with Gasteiger partial charge in [-0.15, -0.1) is 0 Å². The largest absolute Gasteiger partial charge is 0.356 e. The van der Waals surface area contributed by atoms with Gasteiger partial charge in [0.05, 0.1) is 6.54 Å². The number of carbonyl (C=O) groups excluding carboxylic acids is 2. The van der Waals surface area contributed by atoms with Crippen molar-refractivity contribution in [2.75, 3.05) is 19.6 Å². The molecule has 0 saturated carbocycles. The van der Waals surface area contributed by atoms with Gasteiger partial charge < -0.3 is 10.6 Å². The van der Waals surface area contributed by atoms with Crippen LogP contribution in [0.1, 0.15) is 39.5 Å². The molecule has 0 aromatic rings. The lowest BCUT2D eigenvalue weighted by Gasteiger charge is -2.03. The molecule has 0 heterocycles. The number of rotatable bonds is 9. The highest BCUT2D eigenvalue weighted by molar-refractivity contribution is 5.77. The summed E-state index contributed by atoms with van der Waals surface area (Å²) in [6, 6.07) is 0. The summed E-state index contributed by atoms with van der Waals surface area (Å²) in [6.07, 6.45) is 4.40. The maximum Gasteiger partial charge on any atom is 0.216 e. The molecule has 2 N–H and O–H groups in total. The van der Waals surface area contributed by atoms with Gasteiger partial charge in [-0.25, -0.2) is 0 Å². The van der Waals surface area contributed by atoms with Gasteiger partial charge in [0, 0.05) is 13.5 Å². The number of nitrogens with one attached hydrogen (secondary N) is 2. The van der Waals surface area contributed by atoms with E-state index in [1.807, 2.05) is 0 Å². The molecule has 0 aromatic heterocycles. The molecule has 0 aromatic carbocycles. The third-order valence-electron chi connectivity index (χ3n) is 2.03. The molecule has 0 unspecified atom stereocenters. The standard InChI is InChI=1S/C11H22N2O2/c1-10(14)9-12-7-5-3-4-6-8-13-11(2)15/h12H,3-9H2,1-2H3,(H,13,15). The summed E-state index contributed by atoms with van der Waals surface area (Å²) < 4.78 is 0. The molecule has 0 fully saturated rings. The first kappa shape index (κ1) is 14.1. The van der Waals surface area contributed by atoms with Crippen LogP contribution in [0.2, 0.25) is 0 Å². The molecule has 15 heavy (non-hydrogen) atoms. The fourth-order valence-electron chi connectivity index (χ4n) is 1.26. The summed E-state index contributed by atoms with van der Waals surface area (Å²) in [5.74, 6) is 0.221. The van der Waals surface area contributed by atoms with Crippen molar-refractivity contribution in [3.05, 3.63) is 0 Å². The van der Waals surface area contributed by atoms with E-state index in [9.17, 15) is 9.59 Å². The minimum Gasteiger partial charge on any atom is -0.356 e. The topological polar surface area (TPSA) is 58.2 Å². The number of ketones is 1. The molecule has 0 spiro atoms. The summed E-state index contributed by atoms with van der Waals surface area (Å²) in [4.78, 5) is 21.1. The Bertz CT molecular complexity index is 173. The normalized spacial score (nSPS) is 10.0. The van der Waals surface area contributed by atoms with Gasteiger partial charge in [-0.3, -0.25) is 9.59 Å². The fourth-order valence-corrected chi connectivity index (χ4v) is 1.26. The maximum absolute atomic E-state index is 10.6. The zero-order chi connectivity index (χ0) is 11.5. The Hall–Kier alpha value is -0.900. The number of carbonyl (C=O) groups is 2. The highest BCUT2D eigenvalue weighted by Gasteiger charge is 1.93. The van der Waals surface area contributed by atoms with Crippen LogP contribution in [0.4, 0.5) is 0 Å². The van der Waals surface area contributed by atoms with Crippen LogP contribution < -0.4 is 10.6 Å². The Balaban J connectivity index is 2.99. The van der Waals surface area contributed by atoms with E-state index < -0.39 is 0 Å². The molecule has 0 rings (SSSR count). The Morgan fingerprint density at radius 2 is 1.53 bits per heavy atom. The van der Waals surface area contributed by atoms with E-state index in [0.717, 1.165) is 38.8 Å². The maximum atomic E-state index is 10.6. The molecule has 88 valence electrons. The predicted octanol–water partition coefficient (Wildman–Crippen LogP) is 0.861. The van der Waals surface area contributed by atoms with Gasteiger partial charge in [-0.1, -0.05) is 12.8 Å². The number of unbranched alkanes of at least 4 members (excludes halogenated alkanes) is 3. The monoisotopic (exact) mass is 214 g/mol. The molecule has 1 amide bonds. The van der Waals surface area contributed by atoms with Crippen LogP contribution in [0.15, 0.2) is 0 Å². The van der Waals surface area contributed by atoms with Crippen LogP contribution in [0.3, 0.4) is 0 Å². The fraction of sp³-hybridized carbons (Fsp3) is 0.818. The number of Topliss-reactive ketones (excluding diaryl/α,β-unsaturated/α-hetero) is 1. The van der Waals surface area contributed by atoms with E-state index in [2.05, 4.69) is 10.6 Å². The van der Waals surface area contributed by atoms with Crippen molar-refractivity contribution >= 4 is 11.7 Å². The third kappa shape index (κ3) is 13.1. The van der Waals surface area contributed by atoms with Crippen molar-refractivity contribution in [3.63, 3.8) is 0 Å². The summed E-state index contributed by atoms with van der Waals surface area (Å²) in [5.41, 5.74) is 0. The predicted molar refractivity (Wildman–Crippen MR) is 60.7 cm³/mol. The zero-order valence-electron chi connectivity index (χ0n) is 9.77. The summed E-state index contributed by atoms with van der Waals surface area (Å²) in [5, 5.41) is 5.84. The molecule has 4 nitrogen and oxygen atoms in total. The molecule has 4 heteroatoms. The molecule has 0 aliphatic carbocycles. The lowest BCUT2D eigenvalue weighted by molar-refractivity contribution is -0.119. The Kier molecular flexibility index (Phi) is 9.07. The van der Waals surface area contributed by atoms with Crippen LogP contribution in [-0.4, -0.2) is 31.3 Å². The average Bonchev–Trinajstić information content (AvgIpc) is 2.14. The van der Waals surface area contributed by atoms with E-state index >= 15 is 0 Å². The Morgan fingerprint density at radius 1 is 0.933 bits per heavy atom. The lowest BCUT2D eigenvalue weighted by Crippen LogP contribution is -2.22. The second-order valence-electron chi connectivity index (χ2n) is 3.78. The first-order valence-corrected chi connectivity index (χ1v) is 5.57. The number of hydrogen-bond acceptors (Lipinski definition) is 3. The number of hydrogen-bond donors (Lipinski definition) is 2. The molecule has 0 saturated heterocycles. The van der Waals surface area contributed by atoms with Crippen molar-refractivity contribution < 1.29 is 9.59 Å². The average molecular weight is 214 g/mol. The van der Waals surface area contributed by atoms with E-state index in [1.165, 1.54) is 6.92 Å². The van der Waals surface area contributed by atoms with E-state index in [4.69, 9.17) is 0 Å². The molecular formula is C11H22N2O2. The molecule has 0 aliphatic heterocycles. The van der Waals surface area contributed by atoms with Crippen LogP contribution in [0, 0.1) is 0 Å². The van der Waals surface area contributed by atoms with E-state index in [-0.39, 0.29) is 11.7 Å². The second kappa shape index (κ2) is 9.65. The highest BCUT2D eigenvalue weighted by atomic mass is 16.1. The molecule has 0 aliphatic rings. The van der Waals surface area contributed by atoms with Crippen LogP contribution in [0.25, 0.3) is 0 Å². The summed E-state index contributed by atoms with van der Waals surface area (Å²) >= 11 is 0. The molecule has 0 radical (unpaired) electrons. The SMILES string of the molecule is CC(=O)CNCCCCCCNC(C)=O. The minimum atomic E-state index is 0.0399. The van der Waals surface area contributed by atoms with Crippen molar-refractivity contribution in [1.29, 1.82) is 0 Å². The van der Waals surface area contributed by atoms with Gasteiger partial charge in [0.25, 0.3) is 0 Å². The van der Waals surface area contributed by atoms with Gasteiger partial charge in [0.1, 0.15) is 5.78 Å². The Labute approximate surface area is 91.8 Å². The third-order valence-corrected chi connectivity index (χ3v) is 2.03. The van der Waals surface area contributed by atoms with Gasteiger partial charge in [0.2, 0.25) is 5.91 Å². The van der Waals surface area contributed by atoms with Gasteiger partial charge >= 0.3 is 0 Å². The Morgan fingerprint density at radius 3 is 2.07 bits per heavy atom. The summed E-state index contributed by atoms with van der Waals surface area (Å²) in [6.45, 7) is 5.27. The van der Waals surface area contributed by atoms with E-state index in [1.54, 1.807) is 6.92 Å².